The molecule has 0 bridgehead atoms. The first-order valence-electron chi connectivity index (χ1n) is 8.05. The van der Waals surface area contributed by atoms with Crippen LogP contribution in [0.15, 0.2) is 53.0 Å². The van der Waals surface area contributed by atoms with E-state index in [4.69, 9.17) is 4.74 Å². The fourth-order valence-electron chi connectivity index (χ4n) is 2.09. The maximum absolute atomic E-state index is 12.0. The average molecular weight is 450 g/mol. The molecule has 0 aliphatic heterocycles. The molecule has 0 radical (unpaired) electrons. The Morgan fingerprint density at radius 1 is 1.18 bits per heavy atom. The molecule has 10 heteroatoms. The van der Waals surface area contributed by atoms with Crippen LogP contribution in [0.3, 0.4) is 0 Å². The van der Waals surface area contributed by atoms with Crippen LogP contribution in [0.1, 0.15) is 17.3 Å². The number of nitro groups is 1. The van der Waals surface area contributed by atoms with Gasteiger partial charge in [-0.05, 0) is 37.3 Å². The number of benzene rings is 2. The maximum atomic E-state index is 12.0. The van der Waals surface area contributed by atoms with Crippen molar-refractivity contribution in [3.8, 4) is 0 Å². The third-order valence-electron chi connectivity index (χ3n) is 3.50. The van der Waals surface area contributed by atoms with E-state index in [2.05, 4.69) is 26.6 Å². The van der Waals surface area contributed by atoms with Crippen LogP contribution in [0, 0.1) is 10.1 Å². The summed E-state index contributed by atoms with van der Waals surface area (Å²) in [6.07, 6.45) is -1.12. The monoisotopic (exact) mass is 449 g/mol. The molecule has 9 nitrogen and oxygen atoms in total. The van der Waals surface area contributed by atoms with Crippen LogP contribution in [-0.2, 0) is 14.3 Å². The van der Waals surface area contributed by atoms with Crippen LogP contribution in [0.4, 0.5) is 11.4 Å². The zero-order chi connectivity index (χ0) is 20.7. The van der Waals surface area contributed by atoms with Crippen molar-refractivity contribution >= 4 is 45.1 Å². The summed E-state index contributed by atoms with van der Waals surface area (Å²) < 4.78 is 5.69. The molecule has 2 amide bonds. The van der Waals surface area contributed by atoms with Gasteiger partial charge in [0.25, 0.3) is 17.5 Å². The minimum absolute atomic E-state index is 0.112. The van der Waals surface area contributed by atoms with Crippen LogP contribution in [0.25, 0.3) is 0 Å². The fourth-order valence-corrected chi connectivity index (χ4v) is 2.49. The van der Waals surface area contributed by atoms with Gasteiger partial charge in [-0.2, -0.15) is 0 Å². The molecular formula is C18H16BrN3O6. The number of nitro benzene ring substituents is 1. The van der Waals surface area contributed by atoms with E-state index in [0.717, 1.165) is 4.47 Å². The topological polar surface area (TPSA) is 128 Å². The summed E-state index contributed by atoms with van der Waals surface area (Å²) in [6, 6.07) is 11.8. The largest absolute Gasteiger partial charge is 0.451 e. The van der Waals surface area contributed by atoms with Crippen LogP contribution in [-0.4, -0.2) is 35.4 Å². The summed E-state index contributed by atoms with van der Waals surface area (Å²) in [4.78, 5) is 45.9. The van der Waals surface area contributed by atoms with Crippen molar-refractivity contribution < 1.29 is 24.0 Å². The van der Waals surface area contributed by atoms with Gasteiger partial charge in [-0.3, -0.25) is 24.5 Å². The molecule has 0 saturated carbocycles. The Kier molecular flexibility index (Phi) is 7.21. The number of esters is 1. The molecule has 0 aliphatic rings. The summed E-state index contributed by atoms with van der Waals surface area (Å²) in [6.45, 7) is 0.968. The first-order chi connectivity index (χ1) is 13.3. The second-order valence-corrected chi connectivity index (χ2v) is 6.53. The molecular weight excluding hydrogens is 434 g/mol. The highest BCUT2D eigenvalue weighted by Crippen LogP contribution is 2.16. The molecule has 0 aliphatic carbocycles. The summed E-state index contributed by atoms with van der Waals surface area (Å²) in [5.41, 5.74) is 0.575. The lowest BCUT2D eigenvalue weighted by Crippen LogP contribution is -2.35. The molecule has 1 unspecified atom stereocenters. The minimum atomic E-state index is -1.12. The molecule has 0 fully saturated rings. The van der Waals surface area contributed by atoms with Gasteiger partial charge < -0.3 is 15.4 Å². The van der Waals surface area contributed by atoms with Crippen molar-refractivity contribution in [1.29, 1.82) is 0 Å². The fraction of sp³-hybridized carbons (Fsp3) is 0.167. The molecule has 146 valence electrons. The van der Waals surface area contributed by atoms with Gasteiger partial charge in [0.2, 0.25) is 0 Å². The van der Waals surface area contributed by atoms with Gasteiger partial charge in [0.1, 0.15) is 6.54 Å². The number of amides is 2. The first-order valence-corrected chi connectivity index (χ1v) is 8.84. The SMILES string of the molecule is CC(OC(=O)CNC(=O)c1cccc(Br)c1)C(=O)Nc1ccc([N+](=O)[O-])cc1. The van der Waals surface area contributed by atoms with Crippen LogP contribution in [0.2, 0.25) is 0 Å². The van der Waals surface area contributed by atoms with E-state index in [1.54, 1.807) is 24.3 Å². The van der Waals surface area contributed by atoms with Crippen LogP contribution < -0.4 is 10.6 Å². The highest BCUT2D eigenvalue weighted by Gasteiger charge is 2.19. The smallest absolute Gasteiger partial charge is 0.326 e. The van der Waals surface area contributed by atoms with Gasteiger partial charge in [-0.15, -0.1) is 0 Å². The summed E-state index contributed by atoms with van der Waals surface area (Å²) in [5, 5.41) is 15.5. The Bertz CT molecular complexity index is 900. The first kappa shape index (κ1) is 21.0. The van der Waals surface area contributed by atoms with Gasteiger partial charge in [0.05, 0.1) is 4.92 Å². The predicted molar refractivity (Wildman–Crippen MR) is 104 cm³/mol. The lowest BCUT2D eigenvalue weighted by molar-refractivity contribution is -0.384. The lowest BCUT2D eigenvalue weighted by atomic mass is 10.2. The third kappa shape index (κ3) is 6.16. The Labute approximate surface area is 168 Å². The molecule has 28 heavy (non-hydrogen) atoms. The van der Waals surface area contributed by atoms with Crippen molar-refractivity contribution in [3.63, 3.8) is 0 Å². The van der Waals surface area contributed by atoms with Crippen LogP contribution in [0.5, 0.6) is 0 Å². The van der Waals surface area contributed by atoms with E-state index in [9.17, 15) is 24.5 Å². The Balaban J connectivity index is 1.81. The number of rotatable bonds is 7. The summed E-state index contributed by atoms with van der Waals surface area (Å²) in [5.74, 6) is -1.85. The minimum Gasteiger partial charge on any atom is -0.451 e. The second kappa shape index (κ2) is 9.60. The molecule has 2 rings (SSSR count). The van der Waals surface area contributed by atoms with Gasteiger partial charge in [-0.25, -0.2) is 0 Å². The number of halogens is 1. The number of anilines is 1. The number of hydrogen-bond acceptors (Lipinski definition) is 6. The zero-order valence-electron chi connectivity index (χ0n) is 14.7. The lowest BCUT2D eigenvalue weighted by Gasteiger charge is -2.14. The average Bonchev–Trinajstić information content (AvgIpc) is 2.66. The van der Waals surface area contributed by atoms with Gasteiger partial charge in [0, 0.05) is 27.9 Å². The highest BCUT2D eigenvalue weighted by atomic mass is 79.9. The Morgan fingerprint density at radius 3 is 2.46 bits per heavy atom. The van der Waals surface area contributed by atoms with Crippen molar-refractivity contribution in [2.75, 3.05) is 11.9 Å². The normalized spacial score (nSPS) is 11.2. The summed E-state index contributed by atoms with van der Waals surface area (Å²) >= 11 is 3.25. The highest BCUT2D eigenvalue weighted by molar-refractivity contribution is 9.10. The number of nitrogens with zero attached hydrogens (tertiary/aromatic N) is 1. The van der Waals surface area contributed by atoms with Gasteiger partial charge in [0.15, 0.2) is 6.10 Å². The number of non-ortho nitro benzene ring substituents is 1. The quantitative estimate of drug-likeness (QED) is 0.379. The number of ether oxygens (including phenoxy) is 1. The van der Waals surface area contributed by atoms with E-state index in [1.807, 2.05) is 0 Å². The molecule has 0 heterocycles. The van der Waals surface area contributed by atoms with Crippen molar-refractivity contribution in [1.82, 2.24) is 5.32 Å². The number of carbonyl (C=O) groups excluding carboxylic acids is 3. The van der Waals surface area contributed by atoms with Crippen molar-refractivity contribution in [2.24, 2.45) is 0 Å². The van der Waals surface area contributed by atoms with Crippen molar-refractivity contribution in [2.45, 2.75) is 13.0 Å². The summed E-state index contributed by atoms with van der Waals surface area (Å²) in [7, 11) is 0. The predicted octanol–water partition coefficient (Wildman–Crippen LogP) is 2.66. The number of nitrogens with one attached hydrogen (secondary N) is 2. The molecule has 0 saturated heterocycles. The van der Waals surface area contributed by atoms with E-state index in [0.29, 0.717) is 11.3 Å². The standard InChI is InChI=1S/C18H16BrN3O6/c1-11(17(24)21-14-5-7-15(8-6-14)22(26)27)28-16(23)10-20-18(25)12-3-2-4-13(19)9-12/h2-9,11H,10H2,1H3,(H,20,25)(H,21,24). The maximum Gasteiger partial charge on any atom is 0.326 e. The molecule has 2 aromatic carbocycles. The molecule has 2 aromatic rings. The van der Waals surface area contributed by atoms with E-state index in [1.165, 1.54) is 31.2 Å². The van der Waals surface area contributed by atoms with E-state index < -0.39 is 35.4 Å². The van der Waals surface area contributed by atoms with Gasteiger partial charge in [-0.1, -0.05) is 22.0 Å². The molecule has 0 spiro atoms. The second-order valence-electron chi connectivity index (χ2n) is 5.62. The number of hydrogen-bond donors (Lipinski definition) is 2. The van der Waals surface area contributed by atoms with E-state index >= 15 is 0 Å². The number of carbonyl (C=O) groups is 3. The Morgan fingerprint density at radius 2 is 1.86 bits per heavy atom. The van der Waals surface area contributed by atoms with Crippen LogP contribution >= 0.6 is 15.9 Å². The Hall–Kier alpha value is -3.27. The zero-order valence-corrected chi connectivity index (χ0v) is 16.3. The molecule has 2 N–H and O–H groups in total. The third-order valence-corrected chi connectivity index (χ3v) is 4.00. The van der Waals surface area contributed by atoms with Gasteiger partial charge >= 0.3 is 5.97 Å². The molecule has 1 atom stereocenters. The molecule has 0 aromatic heterocycles. The van der Waals surface area contributed by atoms with Crippen molar-refractivity contribution in [3.05, 3.63) is 68.7 Å². The van der Waals surface area contributed by atoms with E-state index in [-0.39, 0.29) is 5.69 Å².